The van der Waals surface area contributed by atoms with Crippen LogP contribution in [0.15, 0.2) is 4.99 Å². The molecule has 0 spiro atoms. The summed E-state index contributed by atoms with van der Waals surface area (Å²) < 4.78 is 0. The molecule has 0 aromatic carbocycles. The first-order valence-corrected chi connectivity index (χ1v) is 8.94. The third-order valence-corrected chi connectivity index (χ3v) is 4.86. The second-order valence-electron chi connectivity index (χ2n) is 6.57. The molecule has 0 aromatic heterocycles. The number of ketones is 1. The van der Waals surface area contributed by atoms with Gasteiger partial charge in [-0.3, -0.25) is 9.79 Å². The Balaban J connectivity index is 1.92. The summed E-state index contributed by atoms with van der Waals surface area (Å²) >= 11 is 0. The molecule has 2 nitrogen and oxygen atoms in total. The Labute approximate surface area is 124 Å². The Morgan fingerprint density at radius 3 is 2.00 bits per heavy atom. The van der Waals surface area contributed by atoms with Gasteiger partial charge in [0.2, 0.25) is 0 Å². The predicted molar refractivity (Wildman–Crippen MR) is 85.4 cm³/mol. The number of hydrogen-bond donors (Lipinski definition) is 0. The summed E-state index contributed by atoms with van der Waals surface area (Å²) in [6.07, 6.45) is 17.3. The number of aliphatic imine (C=N–C) groups is 1. The Bertz CT molecular complexity index is 321. The van der Waals surface area contributed by atoms with Crippen LogP contribution in [0.1, 0.15) is 89.9 Å². The summed E-state index contributed by atoms with van der Waals surface area (Å²) in [4.78, 5) is 17.0. The molecule has 2 rings (SSSR count). The molecule has 2 heteroatoms. The van der Waals surface area contributed by atoms with Crippen LogP contribution in [0, 0.1) is 5.92 Å². The van der Waals surface area contributed by atoms with Crippen molar-refractivity contribution < 1.29 is 4.79 Å². The molecule has 0 unspecified atom stereocenters. The van der Waals surface area contributed by atoms with Crippen LogP contribution in [-0.2, 0) is 4.79 Å². The molecule has 2 aliphatic rings. The van der Waals surface area contributed by atoms with Crippen molar-refractivity contribution in [2.24, 2.45) is 10.9 Å². The fourth-order valence-corrected chi connectivity index (χ4v) is 3.58. The van der Waals surface area contributed by atoms with Gasteiger partial charge in [-0.15, -0.1) is 0 Å². The lowest BCUT2D eigenvalue weighted by atomic mass is 9.83. The van der Waals surface area contributed by atoms with E-state index in [1.54, 1.807) is 0 Å². The van der Waals surface area contributed by atoms with E-state index in [0.717, 1.165) is 32.2 Å². The van der Waals surface area contributed by atoms with Crippen molar-refractivity contribution in [2.45, 2.75) is 89.9 Å². The van der Waals surface area contributed by atoms with E-state index in [1.807, 2.05) is 0 Å². The van der Waals surface area contributed by atoms with Gasteiger partial charge in [0.1, 0.15) is 5.78 Å². The van der Waals surface area contributed by atoms with Crippen molar-refractivity contribution in [3.8, 4) is 0 Å². The van der Waals surface area contributed by atoms with Crippen LogP contribution < -0.4 is 0 Å². The molecule has 20 heavy (non-hydrogen) atoms. The Morgan fingerprint density at radius 1 is 0.700 bits per heavy atom. The first kappa shape index (κ1) is 15.7. The highest BCUT2D eigenvalue weighted by molar-refractivity contribution is 6.05. The Morgan fingerprint density at radius 2 is 1.30 bits per heavy atom. The Hall–Kier alpha value is -0.660. The largest absolute Gasteiger partial charge is 0.299 e. The van der Waals surface area contributed by atoms with Crippen LogP contribution in [0.5, 0.6) is 0 Å². The average molecular weight is 277 g/mol. The van der Waals surface area contributed by atoms with Gasteiger partial charge in [-0.05, 0) is 32.1 Å². The molecule has 0 bridgehead atoms. The molecule has 1 fully saturated rings. The van der Waals surface area contributed by atoms with Crippen LogP contribution in [-0.4, -0.2) is 18.0 Å². The maximum Gasteiger partial charge on any atom is 0.141 e. The van der Waals surface area contributed by atoms with E-state index in [4.69, 9.17) is 4.99 Å². The van der Waals surface area contributed by atoms with Crippen LogP contribution in [0.25, 0.3) is 0 Å². The molecule has 1 saturated carbocycles. The Kier molecular flexibility index (Phi) is 7.32. The minimum atomic E-state index is 0.189. The first-order chi connectivity index (χ1) is 9.88. The molecule has 0 saturated heterocycles. The molecule has 1 aliphatic heterocycles. The van der Waals surface area contributed by atoms with Crippen LogP contribution >= 0.6 is 0 Å². The quantitative estimate of drug-likeness (QED) is 0.655. The van der Waals surface area contributed by atoms with Gasteiger partial charge >= 0.3 is 0 Å². The molecule has 0 N–H and O–H groups in total. The lowest BCUT2D eigenvalue weighted by molar-refractivity contribution is -0.122. The normalized spacial score (nSPS) is 27.9. The smallest absolute Gasteiger partial charge is 0.141 e. The zero-order valence-electron chi connectivity index (χ0n) is 13.0. The average Bonchev–Trinajstić information content (AvgIpc) is 2.49. The lowest BCUT2D eigenvalue weighted by Gasteiger charge is -2.22. The number of rotatable bonds is 1. The number of Topliss-reactive ketones (excluding diaryl/α,β-unsaturated/α-hetero) is 1. The summed E-state index contributed by atoms with van der Waals surface area (Å²) in [6.45, 7) is 0.957. The maximum absolute atomic E-state index is 12.1. The van der Waals surface area contributed by atoms with E-state index < -0.39 is 0 Å². The monoisotopic (exact) mass is 277 g/mol. The third kappa shape index (κ3) is 5.38. The zero-order chi connectivity index (χ0) is 14.0. The highest BCUT2D eigenvalue weighted by atomic mass is 16.1. The van der Waals surface area contributed by atoms with E-state index in [-0.39, 0.29) is 5.92 Å². The summed E-state index contributed by atoms with van der Waals surface area (Å²) in [5, 5.41) is 0. The standard InChI is InChI=1S/C18H31NO/c20-18-14-10-9-12-16(18)17-13-8-6-4-2-1-3-5-7-11-15-19-17/h16H,1-15H2/t16-/m0/s1. The van der Waals surface area contributed by atoms with E-state index >= 15 is 0 Å². The van der Waals surface area contributed by atoms with Crippen molar-refractivity contribution in [1.82, 2.24) is 0 Å². The van der Waals surface area contributed by atoms with Gasteiger partial charge in [-0.2, -0.15) is 0 Å². The molecule has 0 amide bonds. The van der Waals surface area contributed by atoms with Crippen LogP contribution in [0.2, 0.25) is 0 Å². The molecular formula is C18H31NO. The highest BCUT2D eigenvalue weighted by Gasteiger charge is 2.26. The highest BCUT2D eigenvalue weighted by Crippen LogP contribution is 2.25. The minimum Gasteiger partial charge on any atom is -0.299 e. The van der Waals surface area contributed by atoms with Gasteiger partial charge in [-0.1, -0.05) is 51.4 Å². The molecule has 0 radical (unpaired) electrons. The van der Waals surface area contributed by atoms with Crippen molar-refractivity contribution >= 4 is 11.5 Å². The third-order valence-electron chi connectivity index (χ3n) is 4.86. The fraction of sp³-hybridized carbons (Fsp3) is 0.889. The van der Waals surface area contributed by atoms with Crippen molar-refractivity contribution in [3.05, 3.63) is 0 Å². The van der Waals surface area contributed by atoms with Crippen molar-refractivity contribution in [3.63, 3.8) is 0 Å². The summed E-state index contributed by atoms with van der Waals surface area (Å²) in [7, 11) is 0. The SMILES string of the molecule is O=C1CCCC[C@H]1C1=NCCCCCCCCCCC1. The summed E-state index contributed by atoms with van der Waals surface area (Å²) in [6, 6.07) is 0. The van der Waals surface area contributed by atoms with Crippen LogP contribution in [0.4, 0.5) is 0 Å². The van der Waals surface area contributed by atoms with Gasteiger partial charge < -0.3 is 0 Å². The molecule has 1 heterocycles. The van der Waals surface area contributed by atoms with Crippen molar-refractivity contribution in [2.75, 3.05) is 6.54 Å². The van der Waals surface area contributed by atoms with Gasteiger partial charge in [0, 0.05) is 18.7 Å². The van der Waals surface area contributed by atoms with E-state index in [0.29, 0.717) is 5.78 Å². The number of carbonyl (C=O) groups is 1. The van der Waals surface area contributed by atoms with Gasteiger partial charge in [0.25, 0.3) is 0 Å². The molecule has 114 valence electrons. The second-order valence-corrected chi connectivity index (χ2v) is 6.57. The second kappa shape index (κ2) is 9.31. The predicted octanol–water partition coefficient (Wildman–Crippen LogP) is 5.10. The van der Waals surface area contributed by atoms with Gasteiger partial charge in [0.15, 0.2) is 0 Å². The van der Waals surface area contributed by atoms with E-state index in [2.05, 4.69) is 0 Å². The number of nitrogens with zero attached hydrogens (tertiary/aromatic N) is 1. The van der Waals surface area contributed by atoms with E-state index in [1.165, 1.54) is 69.9 Å². The first-order valence-electron chi connectivity index (χ1n) is 8.94. The van der Waals surface area contributed by atoms with Gasteiger partial charge in [0.05, 0.1) is 5.92 Å². The van der Waals surface area contributed by atoms with Gasteiger partial charge in [-0.25, -0.2) is 0 Å². The van der Waals surface area contributed by atoms with E-state index in [9.17, 15) is 4.79 Å². The topological polar surface area (TPSA) is 29.4 Å². The lowest BCUT2D eigenvalue weighted by Crippen LogP contribution is -2.27. The van der Waals surface area contributed by atoms with Crippen molar-refractivity contribution in [1.29, 1.82) is 0 Å². The fourth-order valence-electron chi connectivity index (χ4n) is 3.58. The number of carbonyl (C=O) groups excluding carboxylic acids is 1. The molecular weight excluding hydrogens is 246 g/mol. The zero-order valence-corrected chi connectivity index (χ0v) is 13.0. The summed E-state index contributed by atoms with van der Waals surface area (Å²) in [5.74, 6) is 0.660. The molecule has 1 atom stereocenters. The minimum absolute atomic E-state index is 0.189. The summed E-state index contributed by atoms with van der Waals surface area (Å²) in [5.41, 5.74) is 1.26. The molecule has 0 aromatic rings. The van der Waals surface area contributed by atoms with Crippen LogP contribution in [0.3, 0.4) is 0 Å². The number of hydrogen-bond acceptors (Lipinski definition) is 2. The molecule has 1 aliphatic carbocycles. The maximum atomic E-state index is 12.1.